The smallest absolute Gasteiger partial charge is 0.238 e. The second-order valence-electron chi connectivity index (χ2n) is 5.68. The average Bonchev–Trinajstić information content (AvgIpc) is 2.55. The lowest BCUT2D eigenvalue weighted by Gasteiger charge is -2.17. The van der Waals surface area contributed by atoms with Crippen LogP contribution in [0.5, 0.6) is 5.75 Å². The number of thioether (sulfide) groups is 1. The highest BCUT2D eigenvalue weighted by Crippen LogP contribution is 2.18. The average molecular weight is 344 g/mol. The summed E-state index contributed by atoms with van der Waals surface area (Å²) in [5.41, 5.74) is 2.00. The van der Waals surface area contributed by atoms with Crippen LogP contribution < -0.4 is 10.1 Å². The topological polar surface area (TPSA) is 41.6 Å². The molecule has 0 aliphatic carbocycles. The fourth-order valence-electron chi connectivity index (χ4n) is 2.25. The molecule has 2 rings (SSSR count). The van der Waals surface area contributed by atoms with E-state index in [1.54, 1.807) is 11.8 Å². The van der Waals surface area contributed by atoms with Gasteiger partial charge in [-0.05, 0) is 56.1 Å². The highest BCUT2D eigenvalue weighted by molar-refractivity contribution is 7.98. The third-order valence-electron chi connectivity index (χ3n) is 3.50. The van der Waals surface area contributed by atoms with Crippen molar-refractivity contribution in [2.24, 2.45) is 0 Å². The molecule has 24 heavy (non-hydrogen) atoms. The van der Waals surface area contributed by atoms with Crippen LogP contribution in [0.3, 0.4) is 0 Å². The lowest BCUT2D eigenvalue weighted by Crippen LogP contribution is -2.33. The first-order chi connectivity index (χ1) is 11.6. The van der Waals surface area contributed by atoms with E-state index < -0.39 is 0 Å². The molecule has 0 heterocycles. The minimum Gasteiger partial charge on any atom is -0.492 e. The Morgan fingerprint density at radius 1 is 1.21 bits per heavy atom. The van der Waals surface area contributed by atoms with E-state index in [2.05, 4.69) is 5.32 Å². The van der Waals surface area contributed by atoms with Gasteiger partial charge >= 0.3 is 0 Å². The first-order valence-corrected chi connectivity index (χ1v) is 9.11. The van der Waals surface area contributed by atoms with E-state index in [1.165, 1.54) is 5.56 Å². The van der Waals surface area contributed by atoms with Crippen LogP contribution in [0.15, 0.2) is 53.4 Å². The summed E-state index contributed by atoms with van der Waals surface area (Å²) in [5.74, 6) is 0.841. The standard InChI is InChI=1S/C19H24N2O2S/c1-15-6-4-8-17(12-15)23-11-10-21(2)14-19(22)20-16-7-5-9-18(13-16)24-3/h4-9,12-13H,10-11,14H2,1-3H3,(H,20,22). The molecule has 2 aromatic rings. The van der Waals surface area contributed by atoms with Crippen molar-refractivity contribution in [3.8, 4) is 5.75 Å². The van der Waals surface area contributed by atoms with Gasteiger partial charge in [0.15, 0.2) is 0 Å². The molecule has 0 aliphatic heterocycles. The molecule has 1 N–H and O–H groups in total. The van der Waals surface area contributed by atoms with Crippen molar-refractivity contribution >= 4 is 23.4 Å². The van der Waals surface area contributed by atoms with E-state index in [0.717, 1.165) is 16.3 Å². The summed E-state index contributed by atoms with van der Waals surface area (Å²) in [7, 11) is 1.91. The van der Waals surface area contributed by atoms with E-state index in [0.29, 0.717) is 19.7 Å². The predicted octanol–water partition coefficient (Wildman–Crippen LogP) is 3.67. The second-order valence-corrected chi connectivity index (χ2v) is 6.56. The van der Waals surface area contributed by atoms with Gasteiger partial charge in [0.05, 0.1) is 6.54 Å². The third-order valence-corrected chi connectivity index (χ3v) is 4.22. The lowest BCUT2D eigenvalue weighted by molar-refractivity contribution is -0.117. The number of anilines is 1. The van der Waals surface area contributed by atoms with Crippen LogP contribution in [0.2, 0.25) is 0 Å². The largest absolute Gasteiger partial charge is 0.492 e. The van der Waals surface area contributed by atoms with Crippen molar-refractivity contribution in [2.75, 3.05) is 38.3 Å². The Balaban J connectivity index is 1.73. The van der Waals surface area contributed by atoms with Crippen LogP contribution in [0.1, 0.15) is 5.56 Å². The summed E-state index contributed by atoms with van der Waals surface area (Å²) in [6, 6.07) is 15.8. The molecule has 0 spiro atoms. The molecule has 0 saturated heterocycles. The number of benzene rings is 2. The zero-order valence-electron chi connectivity index (χ0n) is 14.4. The number of rotatable bonds is 8. The molecule has 0 unspecified atom stereocenters. The maximum absolute atomic E-state index is 12.1. The number of nitrogens with zero attached hydrogens (tertiary/aromatic N) is 1. The quantitative estimate of drug-likeness (QED) is 0.742. The number of amides is 1. The molecular weight excluding hydrogens is 320 g/mol. The van der Waals surface area contributed by atoms with Gasteiger partial charge in [-0.2, -0.15) is 0 Å². The van der Waals surface area contributed by atoms with Crippen molar-refractivity contribution in [1.82, 2.24) is 4.90 Å². The summed E-state index contributed by atoms with van der Waals surface area (Å²) in [4.78, 5) is 15.2. The number of carbonyl (C=O) groups excluding carboxylic acids is 1. The van der Waals surface area contributed by atoms with Gasteiger partial charge in [0, 0.05) is 17.1 Å². The van der Waals surface area contributed by atoms with Gasteiger partial charge in [-0.15, -0.1) is 11.8 Å². The van der Waals surface area contributed by atoms with E-state index >= 15 is 0 Å². The van der Waals surface area contributed by atoms with Crippen LogP contribution >= 0.6 is 11.8 Å². The summed E-state index contributed by atoms with van der Waals surface area (Å²) >= 11 is 1.66. The Labute approximate surface area is 148 Å². The van der Waals surface area contributed by atoms with Crippen molar-refractivity contribution in [3.05, 3.63) is 54.1 Å². The molecule has 2 aromatic carbocycles. The number of hydrogen-bond donors (Lipinski definition) is 1. The molecule has 0 saturated carbocycles. The first-order valence-electron chi connectivity index (χ1n) is 7.89. The van der Waals surface area contributed by atoms with Crippen LogP contribution in [0.4, 0.5) is 5.69 Å². The molecule has 128 valence electrons. The molecule has 0 atom stereocenters. The number of likely N-dealkylation sites (N-methyl/N-ethyl adjacent to an activating group) is 1. The van der Waals surface area contributed by atoms with E-state index in [-0.39, 0.29) is 5.91 Å². The normalized spacial score (nSPS) is 10.7. The van der Waals surface area contributed by atoms with Crippen LogP contribution in [0.25, 0.3) is 0 Å². The van der Waals surface area contributed by atoms with Gasteiger partial charge in [-0.1, -0.05) is 18.2 Å². The first kappa shape index (κ1) is 18.4. The lowest BCUT2D eigenvalue weighted by atomic mass is 10.2. The zero-order valence-corrected chi connectivity index (χ0v) is 15.2. The van der Waals surface area contributed by atoms with E-state index in [1.807, 2.05) is 73.7 Å². The Morgan fingerprint density at radius 3 is 2.75 bits per heavy atom. The van der Waals surface area contributed by atoms with Crippen LogP contribution in [-0.2, 0) is 4.79 Å². The van der Waals surface area contributed by atoms with Crippen LogP contribution in [-0.4, -0.2) is 43.8 Å². The maximum Gasteiger partial charge on any atom is 0.238 e. The van der Waals surface area contributed by atoms with Gasteiger partial charge < -0.3 is 10.1 Å². The minimum atomic E-state index is -0.0219. The maximum atomic E-state index is 12.1. The molecular formula is C19H24N2O2S. The molecule has 0 radical (unpaired) electrons. The van der Waals surface area contributed by atoms with Gasteiger partial charge in [0.1, 0.15) is 12.4 Å². The molecule has 0 aliphatic rings. The van der Waals surface area contributed by atoms with Gasteiger partial charge in [0.25, 0.3) is 0 Å². The minimum absolute atomic E-state index is 0.0219. The van der Waals surface area contributed by atoms with Crippen molar-refractivity contribution in [3.63, 3.8) is 0 Å². The Bertz CT molecular complexity index is 676. The van der Waals surface area contributed by atoms with E-state index in [4.69, 9.17) is 4.74 Å². The summed E-state index contributed by atoms with van der Waals surface area (Å²) in [5, 5.41) is 2.93. The number of hydrogen-bond acceptors (Lipinski definition) is 4. The number of nitrogens with one attached hydrogen (secondary N) is 1. The zero-order chi connectivity index (χ0) is 17.4. The summed E-state index contributed by atoms with van der Waals surface area (Å²) in [6.45, 7) is 3.61. The third kappa shape index (κ3) is 6.26. The van der Waals surface area contributed by atoms with Crippen LogP contribution in [0, 0.1) is 6.92 Å². The number of ether oxygens (including phenoxy) is 1. The molecule has 1 amide bonds. The van der Waals surface area contributed by atoms with Gasteiger partial charge in [-0.25, -0.2) is 0 Å². The molecule has 0 fully saturated rings. The molecule has 0 bridgehead atoms. The number of aryl methyl sites for hydroxylation is 1. The predicted molar refractivity (Wildman–Crippen MR) is 101 cm³/mol. The molecule has 5 heteroatoms. The molecule has 4 nitrogen and oxygen atoms in total. The summed E-state index contributed by atoms with van der Waals surface area (Å²) in [6.07, 6.45) is 2.02. The Kier molecular flexibility index (Phi) is 7.15. The number of carbonyl (C=O) groups is 1. The van der Waals surface area contributed by atoms with Crippen molar-refractivity contribution in [2.45, 2.75) is 11.8 Å². The SMILES string of the molecule is CSc1cccc(NC(=O)CN(C)CCOc2cccc(C)c2)c1. The molecule has 0 aromatic heterocycles. The highest BCUT2D eigenvalue weighted by atomic mass is 32.2. The highest BCUT2D eigenvalue weighted by Gasteiger charge is 2.07. The fourth-order valence-corrected chi connectivity index (χ4v) is 2.71. The Morgan fingerprint density at radius 2 is 2.00 bits per heavy atom. The van der Waals surface area contributed by atoms with Gasteiger partial charge in [0.2, 0.25) is 5.91 Å². The second kappa shape index (κ2) is 9.35. The van der Waals surface area contributed by atoms with E-state index in [9.17, 15) is 4.79 Å². The summed E-state index contributed by atoms with van der Waals surface area (Å²) < 4.78 is 5.71. The van der Waals surface area contributed by atoms with Crippen molar-refractivity contribution in [1.29, 1.82) is 0 Å². The fraction of sp³-hybridized carbons (Fsp3) is 0.316. The van der Waals surface area contributed by atoms with Crippen molar-refractivity contribution < 1.29 is 9.53 Å². The van der Waals surface area contributed by atoms with Gasteiger partial charge in [-0.3, -0.25) is 9.69 Å². The Hall–Kier alpha value is -1.98. The monoisotopic (exact) mass is 344 g/mol.